The highest BCUT2D eigenvalue weighted by molar-refractivity contribution is 6.47. The molecule has 0 amide bonds. The molecule has 1 saturated carbocycles. The first kappa shape index (κ1) is 12.6. The standard InChI is InChI=1S/C14H18N2O2/c1-10(15-17)14(16-18)13-8-6-12(7-9-13)11-4-2-3-5-11/h6-9,11,17-18H,2-5H2,1H3/b15-10+,16-14+. The summed E-state index contributed by atoms with van der Waals surface area (Å²) in [7, 11) is 0. The summed E-state index contributed by atoms with van der Waals surface area (Å²) < 4.78 is 0. The summed E-state index contributed by atoms with van der Waals surface area (Å²) in [6, 6.07) is 7.97. The Kier molecular flexibility index (Phi) is 3.97. The molecule has 0 radical (unpaired) electrons. The lowest BCUT2D eigenvalue weighted by atomic mass is 9.95. The van der Waals surface area contributed by atoms with Crippen LogP contribution in [0.4, 0.5) is 0 Å². The van der Waals surface area contributed by atoms with Gasteiger partial charge < -0.3 is 10.4 Å². The summed E-state index contributed by atoms with van der Waals surface area (Å²) >= 11 is 0. The highest BCUT2D eigenvalue weighted by atomic mass is 16.4. The van der Waals surface area contributed by atoms with Crippen molar-refractivity contribution >= 4 is 11.4 Å². The molecule has 4 heteroatoms. The molecule has 2 rings (SSSR count). The molecule has 0 aromatic heterocycles. The Morgan fingerprint density at radius 3 is 2.17 bits per heavy atom. The van der Waals surface area contributed by atoms with Gasteiger partial charge in [0.15, 0.2) is 0 Å². The summed E-state index contributed by atoms with van der Waals surface area (Å²) in [6.45, 7) is 1.60. The first-order chi connectivity index (χ1) is 8.76. The third kappa shape index (κ3) is 2.53. The highest BCUT2D eigenvalue weighted by Crippen LogP contribution is 2.33. The van der Waals surface area contributed by atoms with E-state index < -0.39 is 0 Å². The average molecular weight is 246 g/mol. The summed E-state index contributed by atoms with van der Waals surface area (Å²) in [5.74, 6) is 0.668. The second kappa shape index (κ2) is 5.67. The zero-order chi connectivity index (χ0) is 13.0. The summed E-state index contributed by atoms with van der Waals surface area (Å²) in [5, 5.41) is 23.9. The number of hydrogen-bond donors (Lipinski definition) is 2. The maximum atomic E-state index is 8.96. The Hall–Kier alpha value is -1.84. The van der Waals surface area contributed by atoms with E-state index in [4.69, 9.17) is 10.4 Å². The Balaban J connectivity index is 2.21. The van der Waals surface area contributed by atoms with Crippen LogP contribution in [0.5, 0.6) is 0 Å². The van der Waals surface area contributed by atoms with Gasteiger partial charge in [0.1, 0.15) is 11.4 Å². The third-order valence-electron chi connectivity index (χ3n) is 3.60. The van der Waals surface area contributed by atoms with Crippen LogP contribution in [0, 0.1) is 0 Å². The maximum Gasteiger partial charge on any atom is 0.134 e. The summed E-state index contributed by atoms with van der Waals surface area (Å²) in [4.78, 5) is 0. The van der Waals surface area contributed by atoms with Gasteiger partial charge in [-0.3, -0.25) is 0 Å². The van der Waals surface area contributed by atoms with Crippen LogP contribution in [0.2, 0.25) is 0 Å². The predicted molar refractivity (Wildman–Crippen MR) is 70.9 cm³/mol. The van der Waals surface area contributed by atoms with E-state index in [-0.39, 0.29) is 0 Å². The van der Waals surface area contributed by atoms with E-state index in [9.17, 15) is 0 Å². The number of nitrogens with zero attached hydrogens (tertiary/aromatic N) is 2. The molecule has 4 nitrogen and oxygen atoms in total. The van der Waals surface area contributed by atoms with E-state index in [1.807, 2.05) is 12.1 Å². The zero-order valence-corrected chi connectivity index (χ0v) is 10.5. The van der Waals surface area contributed by atoms with Crippen LogP contribution in [0.15, 0.2) is 34.6 Å². The molecule has 1 aromatic rings. The smallest absolute Gasteiger partial charge is 0.134 e. The maximum absolute atomic E-state index is 8.96. The molecule has 1 aliphatic rings. The van der Waals surface area contributed by atoms with Crippen LogP contribution in [0.3, 0.4) is 0 Å². The van der Waals surface area contributed by atoms with Gasteiger partial charge in [0.2, 0.25) is 0 Å². The van der Waals surface area contributed by atoms with Gasteiger partial charge in [-0.1, -0.05) is 47.4 Å². The van der Waals surface area contributed by atoms with Crippen molar-refractivity contribution in [3.63, 3.8) is 0 Å². The molecule has 1 aliphatic carbocycles. The van der Waals surface area contributed by atoms with Gasteiger partial charge >= 0.3 is 0 Å². The average Bonchev–Trinajstić information content (AvgIpc) is 2.94. The van der Waals surface area contributed by atoms with Crippen LogP contribution < -0.4 is 0 Å². The summed E-state index contributed by atoms with van der Waals surface area (Å²) in [6.07, 6.45) is 5.15. The van der Waals surface area contributed by atoms with Gasteiger partial charge in [-0.25, -0.2) is 0 Å². The van der Waals surface area contributed by atoms with Crippen molar-refractivity contribution in [3.8, 4) is 0 Å². The van der Waals surface area contributed by atoms with Crippen LogP contribution in [-0.2, 0) is 0 Å². The fourth-order valence-electron chi connectivity index (χ4n) is 2.56. The SMILES string of the molecule is CC(=N\O)/C(=N\O)c1ccc(C2CCCC2)cc1. The van der Waals surface area contributed by atoms with Gasteiger partial charge in [0, 0.05) is 5.56 Å². The van der Waals surface area contributed by atoms with Crippen LogP contribution >= 0.6 is 0 Å². The molecule has 0 bridgehead atoms. The lowest BCUT2D eigenvalue weighted by Gasteiger charge is -2.10. The van der Waals surface area contributed by atoms with Crippen molar-refractivity contribution in [1.29, 1.82) is 0 Å². The van der Waals surface area contributed by atoms with Crippen LogP contribution in [0.1, 0.15) is 49.7 Å². The van der Waals surface area contributed by atoms with Gasteiger partial charge in [0.25, 0.3) is 0 Å². The third-order valence-corrected chi connectivity index (χ3v) is 3.60. The molecular weight excluding hydrogens is 228 g/mol. The van der Waals surface area contributed by atoms with Gasteiger partial charge in [0.05, 0.1) is 0 Å². The van der Waals surface area contributed by atoms with Gasteiger partial charge in [-0.2, -0.15) is 0 Å². The lowest BCUT2D eigenvalue weighted by molar-refractivity contribution is 0.314. The number of oxime groups is 2. The molecule has 0 saturated heterocycles. The fraction of sp³-hybridized carbons (Fsp3) is 0.429. The zero-order valence-electron chi connectivity index (χ0n) is 10.5. The minimum Gasteiger partial charge on any atom is -0.411 e. The number of benzene rings is 1. The minimum absolute atomic E-state index is 0.297. The molecule has 0 aliphatic heterocycles. The van der Waals surface area contributed by atoms with E-state index >= 15 is 0 Å². The number of hydrogen-bond acceptors (Lipinski definition) is 4. The largest absolute Gasteiger partial charge is 0.411 e. The molecule has 0 heterocycles. The Morgan fingerprint density at radius 2 is 1.67 bits per heavy atom. The minimum atomic E-state index is 0.297. The van der Waals surface area contributed by atoms with E-state index in [0.29, 0.717) is 17.3 Å². The van der Waals surface area contributed by atoms with E-state index in [1.165, 1.54) is 31.2 Å². The Labute approximate surface area is 107 Å². The van der Waals surface area contributed by atoms with Crippen molar-refractivity contribution in [3.05, 3.63) is 35.4 Å². The predicted octanol–water partition coefficient (Wildman–Crippen LogP) is 3.37. The molecule has 0 spiro atoms. The topological polar surface area (TPSA) is 65.2 Å². The second-order valence-corrected chi connectivity index (χ2v) is 4.74. The van der Waals surface area contributed by atoms with Gasteiger partial charge in [-0.05, 0) is 31.2 Å². The monoisotopic (exact) mass is 246 g/mol. The Morgan fingerprint density at radius 1 is 1.06 bits per heavy atom. The van der Waals surface area contributed by atoms with Crippen molar-refractivity contribution < 1.29 is 10.4 Å². The molecule has 2 N–H and O–H groups in total. The summed E-state index contributed by atoms with van der Waals surface area (Å²) in [5.41, 5.74) is 2.70. The first-order valence-electron chi connectivity index (χ1n) is 6.27. The second-order valence-electron chi connectivity index (χ2n) is 4.74. The Bertz CT molecular complexity index is 457. The normalized spacial score (nSPS) is 18.3. The number of rotatable bonds is 3. The van der Waals surface area contributed by atoms with Gasteiger partial charge in [-0.15, -0.1) is 0 Å². The quantitative estimate of drug-likeness (QED) is 0.488. The molecule has 18 heavy (non-hydrogen) atoms. The van der Waals surface area contributed by atoms with E-state index in [0.717, 1.165) is 5.56 Å². The molecule has 96 valence electrons. The van der Waals surface area contributed by atoms with E-state index in [2.05, 4.69) is 22.4 Å². The van der Waals surface area contributed by atoms with Crippen LogP contribution in [-0.4, -0.2) is 21.8 Å². The molecular formula is C14H18N2O2. The highest BCUT2D eigenvalue weighted by Gasteiger charge is 2.17. The van der Waals surface area contributed by atoms with Crippen LogP contribution in [0.25, 0.3) is 0 Å². The molecule has 1 aromatic carbocycles. The van der Waals surface area contributed by atoms with Crippen molar-refractivity contribution in [2.75, 3.05) is 0 Å². The molecule has 1 fully saturated rings. The van der Waals surface area contributed by atoms with Crippen molar-refractivity contribution in [1.82, 2.24) is 0 Å². The molecule has 0 unspecified atom stereocenters. The lowest BCUT2D eigenvalue weighted by Crippen LogP contribution is -2.12. The molecule has 0 atom stereocenters. The fourth-order valence-corrected chi connectivity index (χ4v) is 2.56. The van der Waals surface area contributed by atoms with Crippen molar-refractivity contribution in [2.45, 2.75) is 38.5 Å². The van der Waals surface area contributed by atoms with E-state index in [1.54, 1.807) is 6.92 Å². The van der Waals surface area contributed by atoms with Crippen molar-refractivity contribution in [2.24, 2.45) is 10.3 Å². The first-order valence-corrected chi connectivity index (χ1v) is 6.27.